The molecule has 29 heavy (non-hydrogen) atoms. The van der Waals surface area contributed by atoms with Crippen molar-refractivity contribution in [2.75, 3.05) is 19.7 Å². The van der Waals surface area contributed by atoms with Crippen LogP contribution in [0, 0.1) is 0 Å². The van der Waals surface area contributed by atoms with Crippen molar-refractivity contribution in [2.24, 2.45) is 5.73 Å². The van der Waals surface area contributed by atoms with Crippen LogP contribution in [0.25, 0.3) is 10.8 Å². The Morgan fingerprint density at radius 2 is 1.62 bits per heavy atom. The number of hydrogen-bond acceptors (Lipinski definition) is 6. The van der Waals surface area contributed by atoms with Crippen molar-refractivity contribution >= 4 is 28.6 Å². The molecule has 1 aromatic carbocycles. The Morgan fingerprint density at radius 1 is 1.00 bits per heavy atom. The van der Waals surface area contributed by atoms with Gasteiger partial charge in [-0.15, -0.1) is 0 Å². The Bertz CT molecular complexity index is 976. The molecule has 0 bridgehead atoms. The Labute approximate surface area is 167 Å². The zero-order valence-electron chi connectivity index (χ0n) is 16.1. The summed E-state index contributed by atoms with van der Waals surface area (Å²) in [5.74, 6) is -1.85. The SMILES string of the molecule is NC(=O)c1nn(CC(=O)OCC(=O)N2CCCCCCC2)c(=O)c2ccccc12. The number of nitrogens with two attached hydrogens (primary N) is 1. The summed E-state index contributed by atoms with van der Waals surface area (Å²) in [6, 6.07) is 6.39. The van der Waals surface area contributed by atoms with Crippen LogP contribution in [0.2, 0.25) is 0 Å². The zero-order valence-corrected chi connectivity index (χ0v) is 16.1. The van der Waals surface area contributed by atoms with Crippen molar-refractivity contribution in [3.8, 4) is 0 Å². The average Bonchev–Trinajstić information content (AvgIpc) is 2.68. The fourth-order valence-electron chi connectivity index (χ4n) is 3.42. The summed E-state index contributed by atoms with van der Waals surface area (Å²) in [5.41, 5.74) is 4.70. The molecular formula is C20H24N4O5. The molecule has 1 aromatic heterocycles. The summed E-state index contributed by atoms with van der Waals surface area (Å²) in [4.78, 5) is 50.4. The van der Waals surface area contributed by atoms with Gasteiger partial charge in [-0.2, -0.15) is 5.10 Å². The molecule has 1 fully saturated rings. The van der Waals surface area contributed by atoms with E-state index >= 15 is 0 Å². The number of benzene rings is 1. The lowest BCUT2D eigenvalue weighted by Gasteiger charge is -2.24. The number of carbonyl (C=O) groups is 3. The molecule has 9 heteroatoms. The van der Waals surface area contributed by atoms with Crippen LogP contribution >= 0.6 is 0 Å². The number of likely N-dealkylation sites (tertiary alicyclic amines) is 1. The highest BCUT2D eigenvalue weighted by molar-refractivity contribution is 6.04. The lowest BCUT2D eigenvalue weighted by Crippen LogP contribution is -2.37. The summed E-state index contributed by atoms with van der Waals surface area (Å²) in [6.45, 7) is 0.412. The van der Waals surface area contributed by atoms with Crippen molar-refractivity contribution in [3.05, 3.63) is 40.3 Å². The molecule has 0 radical (unpaired) electrons. The number of ether oxygens (including phenoxy) is 1. The monoisotopic (exact) mass is 400 g/mol. The van der Waals surface area contributed by atoms with Gasteiger partial charge in [0.15, 0.2) is 12.3 Å². The highest BCUT2D eigenvalue weighted by Gasteiger charge is 2.19. The van der Waals surface area contributed by atoms with Crippen LogP contribution in [0.4, 0.5) is 0 Å². The molecule has 2 amide bonds. The maximum atomic E-state index is 12.6. The Balaban J connectivity index is 1.68. The van der Waals surface area contributed by atoms with E-state index < -0.39 is 24.0 Å². The number of aromatic nitrogens is 2. The molecular weight excluding hydrogens is 376 g/mol. The second kappa shape index (κ2) is 9.31. The van der Waals surface area contributed by atoms with E-state index in [9.17, 15) is 19.2 Å². The first-order valence-electron chi connectivity index (χ1n) is 9.70. The predicted octanol–water partition coefficient (Wildman–Crippen LogP) is 0.831. The van der Waals surface area contributed by atoms with Gasteiger partial charge >= 0.3 is 5.97 Å². The fourth-order valence-corrected chi connectivity index (χ4v) is 3.42. The first kappa shape index (κ1) is 20.5. The number of fused-ring (bicyclic) bond motifs is 1. The van der Waals surface area contributed by atoms with Crippen molar-refractivity contribution in [2.45, 2.75) is 38.6 Å². The minimum Gasteiger partial charge on any atom is -0.454 e. The van der Waals surface area contributed by atoms with Crippen LogP contribution in [0.3, 0.4) is 0 Å². The Morgan fingerprint density at radius 3 is 2.28 bits per heavy atom. The minimum atomic E-state index is -0.810. The third-order valence-electron chi connectivity index (χ3n) is 4.95. The van der Waals surface area contributed by atoms with Gasteiger partial charge in [-0.1, -0.05) is 37.5 Å². The number of amides is 2. The van der Waals surface area contributed by atoms with Gasteiger partial charge in [0, 0.05) is 18.5 Å². The maximum Gasteiger partial charge on any atom is 0.328 e. The summed E-state index contributed by atoms with van der Waals surface area (Å²) in [7, 11) is 0. The second-order valence-electron chi connectivity index (χ2n) is 7.03. The number of primary amides is 1. The first-order valence-corrected chi connectivity index (χ1v) is 9.70. The normalized spacial score (nSPS) is 14.8. The third-order valence-corrected chi connectivity index (χ3v) is 4.95. The molecule has 2 N–H and O–H groups in total. The third kappa shape index (κ3) is 4.98. The lowest BCUT2D eigenvalue weighted by molar-refractivity contribution is -0.152. The number of hydrogen-bond donors (Lipinski definition) is 1. The molecule has 0 saturated carbocycles. The van der Waals surface area contributed by atoms with E-state index in [1.54, 1.807) is 23.1 Å². The molecule has 1 saturated heterocycles. The quantitative estimate of drug-likeness (QED) is 0.741. The minimum absolute atomic E-state index is 0.107. The highest BCUT2D eigenvalue weighted by Crippen LogP contribution is 2.13. The molecule has 0 unspecified atom stereocenters. The van der Waals surface area contributed by atoms with Crippen molar-refractivity contribution in [1.82, 2.24) is 14.7 Å². The van der Waals surface area contributed by atoms with E-state index in [1.165, 1.54) is 12.5 Å². The molecule has 1 aliphatic heterocycles. The molecule has 0 aliphatic carbocycles. The van der Waals surface area contributed by atoms with Crippen molar-refractivity contribution in [1.29, 1.82) is 0 Å². The average molecular weight is 400 g/mol. The Hall–Kier alpha value is -3.23. The first-order chi connectivity index (χ1) is 14.0. The van der Waals surface area contributed by atoms with Gasteiger partial charge in [0.1, 0.15) is 6.54 Å². The van der Waals surface area contributed by atoms with Crippen molar-refractivity contribution in [3.63, 3.8) is 0 Å². The fraction of sp³-hybridized carbons (Fsp3) is 0.450. The van der Waals surface area contributed by atoms with Gasteiger partial charge in [0.2, 0.25) is 0 Å². The zero-order chi connectivity index (χ0) is 20.8. The van der Waals surface area contributed by atoms with Gasteiger partial charge < -0.3 is 15.4 Å². The molecule has 3 rings (SSSR count). The van der Waals surface area contributed by atoms with Crippen LogP contribution in [-0.4, -0.2) is 52.2 Å². The summed E-state index contributed by atoms with van der Waals surface area (Å²) in [6.07, 6.45) is 5.22. The van der Waals surface area contributed by atoms with E-state index in [1.807, 2.05) is 0 Å². The summed E-state index contributed by atoms with van der Waals surface area (Å²) in [5, 5.41) is 4.46. The molecule has 9 nitrogen and oxygen atoms in total. The molecule has 0 spiro atoms. The van der Waals surface area contributed by atoms with Gasteiger partial charge in [-0.3, -0.25) is 19.2 Å². The van der Waals surface area contributed by atoms with Gasteiger partial charge in [0.05, 0.1) is 5.39 Å². The maximum absolute atomic E-state index is 12.6. The van der Waals surface area contributed by atoms with Crippen LogP contribution < -0.4 is 11.3 Å². The number of rotatable bonds is 5. The topological polar surface area (TPSA) is 125 Å². The van der Waals surface area contributed by atoms with E-state index in [2.05, 4.69) is 5.10 Å². The molecule has 2 aromatic rings. The largest absolute Gasteiger partial charge is 0.454 e. The van der Waals surface area contributed by atoms with Gasteiger partial charge in [-0.05, 0) is 18.9 Å². The van der Waals surface area contributed by atoms with E-state index in [0.717, 1.165) is 30.4 Å². The van der Waals surface area contributed by atoms with Gasteiger partial charge in [-0.25, -0.2) is 4.68 Å². The molecule has 1 aliphatic rings. The van der Waals surface area contributed by atoms with Gasteiger partial charge in [0.25, 0.3) is 17.4 Å². The molecule has 0 atom stereocenters. The van der Waals surface area contributed by atoms with Crippen LogP contribution in [0.5, 0.6) is 0 Å². The predicted molar refractivity (Wildman–Crippen MR) is 105 cm³/mol. The lowest BCUT2D eigenvalue weighted by atomic mass is 10.1. The smallest absolute Gasteiger partial charge is 0.328 e. The summed E-state index contributed by atoms with van der Waals surface area (Å²) < 4.78 is 5.89. The number of nitrogens with zero attached hydrogens (tertiary/aromatic N) is 3. The van der Waals surface area contributed by atoms with Crippen LogP contribution in [-0.2, 0) is 20.9 Å². The summed E-state index contributed by atoms with van der Waals surface area (Å²) >= 11 is 0. The van der Waals surface area contributed by atoms with E-state index in [-0.39, 0.29) is 23.6 Å². The molecule has 2 heterocycles. The van der Waals surface area contributed by atoms with E-state index in [0.29, 0.717) is 18.5 Å². The number of carbonyl (C=O) groups excluding carboxylic acids is 3. The molecule has 154 valence electrons. The highest BCUT2D eigenvalue weighted by atomic mass is 16.5. The second-order valence-corrected chi connectivity index (χ2v) is 7.03. The van der Waals surface area contributed by atoms with Crippen LogP contribution in [0.1, 0.15) is 42.6 Å². The number of esters is 1. The van der Waals surface area contributed by atoms with Crippen LogP contribution in [0.15, 0.2) is 29.1 Å². The van der Waals surface area contributed by atoms with E-state index in [4.69, 9.17) is 10.5 Å². The van der Waals surface area contributed by atoms with Crippen molar-refractivity contribution < 1.29 is 19.1 Å². The Kier molecular flexibility index (Phi) is 6.58. The standard InChI is InChI=1S/C20H24N4O5/c21-19(27)18-14-8-4-5-9-15(14)20(28)24(22-18)12-17(26)29-13-16(25)23-10-6-2-1-3-7-11-23/h4-5,8-9H,1-3,6-7,10-13H2,(H2,21,27).